The van der Waals surface area contributed by atoms with E-state index >= 15 is 0 Å². The summed E-state index contributed by atoms with van der Waals surface area (Å²) in [5.41, 5.74) is 2.57. The highest BCUT2D eigenvalue weighted by Crippen LogP contribution is 2.46. The van der Waals surface area contributed by atoms with E-state index in [1.807, 2.05) is 30.3 Å². The van der Waals surface area contributed by atoms with Crippen molar-refractivity contribution < 1.29 is 15.3 Å². The van der Waals surface area contributed by atoms with Crippen LogP contribution in [0.2, 0.25) is 0 Å². The van der Waals surface area contributed by atoms with Gasteiger partial charge in [-0.1, -0.05) is 30.3 Å². The lowest BCUT2D eigenvalue weighted by Crippen LogP contribution is -1.81. The van der Waals surface area contributed by atoms with Crippen LogP contribution in [-0.2, 0) is 0 Å². The van der Waals surface area contributed by atoms with E-state index in [0.29, 0.717) is 0 Å². The molecule has 4 aromatic rings. The van der Waals surface area contributed by atoms with E-state index in [9.17, 15) is 15.3 Å². The van der Waals surface area contributed by atoms with Crippen LogP contribution in [0.15, 0.2) is 66.7 Å². The van der Waals surface area contributed by atoms with Crippen molar-refractivity contribution >= 4 is 21.4 Å². The van der Waals surface area contributed by atoms with Crippen LogP contribution in [0.25, 0.3) is 31.7 Å². The summed E-state index contributed by atoms with van der Waals surface area (Å²) in [5.74, 6) is 0.235. The van der Waals surface area contributed by atoms with Crippen LogP contribution in [-0.4, -0.2) is 15.3 Å². The third-order valence-corrected chi connectivity index (χ3v) is 5.11. The summed E-state index contributed by atoms with van der Waals surface area (Å²) in [6.07, 6.45) is 0. The van der Waals surface area contributed by atoms with Crippen molar-refractivity contribution in [1.29, 1.82) is 0 Å². The summed E-state index contributed by atoms with van der Waals surface area (Å²) in [6, 6.07) is 19.7. The van der Waals surface area contributed by atoms with Gasteiger partial charge in [-0.05, 0) is 41.5 Å². The molecular formula is C20H14O3S. The smallest absolute Gasteiger partial charge is 0.119 e. The Kier molecular flexibility index (Phi) is 3.40. The molecule has 0 aliphatic carbocycles. The van der Waals surface area contributed by atoms with Crippen molar-refractivity contribution in [3.05, 3.63) is 66.7 Å². The summed E-state index contributed by atoms with van der Waals surface area (Å²) in [6.45, 7) is 0. The Balaban J connectivity index is 2.07. The fourth-order valence-electron chi connectivity index (χ4n) is 2.92. The van der Waals surface area contributed by atoms with Crippen molar-refractivity contribution in [2.45, 2.75) is 0 Å². The van der Waals surface area contributed by atoms with Crippen LogP contribution in [0, 0.1) is 0 Å². The monoisotopic (exact) mass is 334 g/mol. The second-order valence-electron chi connectivity index (χ2n) is 5.59. The zero-order chi connectivity index (χ0) is 16.7. The van der Waals surface area contributed by atoms with E-state index in [-0.39, 0.29) is 17.2 Å². The zero-order valence-corrected chi connectivity index (χ0v) is 13.4. The first-order valence-corrected chi connectivity index (χ1v) is 8.28. The van der Waals surface area contributed by atoms with Crippen molar-refractivity contribution in [3.8, 4) is 38.8 Å². The number of rotatable bonds is 2. The van der Waals surface area contributed by atoms with Crippen LogP contribution in [0.3, 0.4) is 0 Å². The molecule has 0 fully saturated rings. The third kappa shape index (κ3) is 2.47. The van der Waals surface area contributed by atoms with E-state index in [1.165, 1.54) is 6.07 Å². The Bertz CT molecular complexity index is 1030. The highest BCUT2D eigenvalue weighted by atomic mass is 32.1. The number of thiophene rings is 1. The molecule has 0 amide bonds. The molecular weight excluding hydrogens is 320 g/mol. The molecule has 0 aliphatic rings. The van der Waals surface area contributed by atoms with Crippen LogP contribution >= 0.6 is 11.3 Å². The summed E-state index contributed by atoms with van der Waals surface area (Å²) < 4.78 is 1.11. The van der Waals surface area contributed by atoms with Gasteiger partial charge >= 0.3 is 0 Å². The number of hydrogen-bond donors (Lipinski definition) is 3. The second kappa shape index (κ2) is 5.58. The number of hydrogen-bond acceptors (Lipinski definition) is 4. The molecule has 0 unspecified atom stereocenters. The lowest BCUT2D eigenvalue weighted by Gasteiger charge is -2.07. The molecule has 0 spiro atoms. The Hall–Kier alpha value is -2.98. The quantitative estimate of drug-likeness (QED) is 0.463. The van der Waals surface area contributed by atoms with Gasteiger partial charge in [-0.25, -0.2) is 0 Å². The number of benzene rings is 3. The van der Waals surface area contributed by atoms with Gasteiger partial charge in [0.15, 0.2) is 0 Å². The normalized spacial score (nSPS) is 11.0. The summed E-state index contributed by atoms with van der Waals surface area (Å²) in [5, 5.41) is 30.6. The molecule has 0 atom stereocenters. The first-order chi connectivity index (χ1) is 11.6. The second-order valence-corrected chi connectivity index (χ2v) is 6.64. The van der Waals surface area contributed by atoms with Crippen LogP contribution in [0.4, 0.5) is 0 Å². The fraction of sp³-hybridized carbons (Fsp3) is 0. The van der Waals surface area contributed by atoms with Crippen molar-refractivity contribution in [1.82, 2.24) is 0 Å². The maximum atomic E-state index is 9.87. The predicted molar refractivity (Wildman–Crippen MR) is 97.7 cm³/mol. The van der Waals surface area contributed by atoms with E-state index < -0.39 is 0 Å². The molecule has 3 aromatic carbocycles. The number of aromatic hydroxyl groups is 3. The highest BCUT2D eigenvalue weighted by molar-refractivity contribution is 7.23. The molecule has 3 N–H and O–H groups in total. The van der Waals surface area contributed by atoms with Crippen molar-refractivity contribution in [2.24, 2.45) is 0 Å². The lowest BCUT2D eigenvalue weighted by molar-refractivity contribution is 0.451. The SMILES string of the molecule is Oc1cccc(-c2sc3ccccc3c2-c2cc(O)cc(O)c2)c1. The maximum Gasteiger partial charge on any atom is 0.119 e. The molecule has 4 rings (SSSR count). The average molecular weight is 334 g/mol. The number of fused-ring (bicyclic) bond motifs is 1. The summed E-state index contributed by atoms with van der Waals surface area (Å²) in [4.78, 5) is 0.983. The molecule has 1 heterocycles. The first-order valence-electron chi connectivity index (χ1n) is 7.46. The van der Waals surface area contributed by atoms with Gasteiger partial charge in [0.2, 0.25) is 0 Å². The molecule has 0 saturated heterocycles. The highest BCUT2D eigenvalue weighted by Gasteiger charge is 2.17. The van der Waals surface area contributed by atoms with Gasteiger partial charge < -0.3 is 15.3 Å². The van der Waals surface area contributed by atoms with Crippen molar-refractivity contribution in [2.75, 3.05) is 0 Å². The minimum Gasteiger partial charge on any atom is -0.508 e. The molecule has 3 nitrogen and oxygen atoms in total. The van der Waals surface area contributed by atoms with Gasteiger partial charge in [0.1, 0.15) is 17.2 Å². The zero-order valence-electron chi connectivity index (χ0n) is 12.6. The summed E-state index contributed by atoms with van der Waals surface area (Å²) >= 11 is 1.62. The molecule has 24 heavy (non-hydrogen) atoms. The Morgan fingerprint density at radius 2 is 1.33 bits per heavy atom. The van der Waals surface area contributed by atoms with Gasteiger partial charge in [-0.15, -0.1) is 11.3 Å². The average Bonchev–Trinajstić information content (AvgIpc) is 2.93. The Labute approximate surface area is 142 Å². The standard InChI is InChI=1S/C20H14O3S/c21-14-5-3-4-12(8-14)20-19(13-9-15(22)11-16(23)10-13)17-6-1-2-7-18(17)24-20/h1-11,21-23H. The van der Waals surface area contributed by atoms with Gasteiger partial charge in [-0.3, -0.25) is 0 Å². The number of phenols is 3. The molecule has 0 aliphatic heterocycles. The number of phenolic OH excluding ortho intramolecular Hbond substituents is 3. The lowest BCUT2D eigenvalue weighted by atomic mass is 9.98. The predicted octanol–water partition coefficient (Wildman–Crippen LogP) is 5.35. The largest absolute Gasteiger partial charge is 0.508 e. The van der Waals surface area contributed by atoms with Crippen molar-refractivity contribution in [3.63, 3.8) is 0 Å². The third-order valence-electron chi connectivity index (χ3n) is 3.90. The van der Waals surface area contributed by atoms with Gasteiger partial charge in [0.05, 0.1) is 0 Å². The summed E-state index contributed by atoms with van der Waals surface area (Å²) in [7, 11) is 0. The minimum absolute atomic E-state index is 0.0159. The van der Waals surface area contributed by atoms with Gasteiger partial charge in [0, 0.05) is 26.6 Å². The minimum atomic E-state index is 0.0159. The molecule has 1 aromatic heterocycles. The van der Waals surface area contributed by atoms with E-state index in [2.05, 4.69) is 0 Å². The molecule has 0 bridgehead atoms. The van der Waals surface area contributed by atoms with E-state index in [0.717, 1.165) is 31.7 Å². The van der Waals surface area contributed by atoms with Crippen LogP contribution in [0.1, 0.15) is 0 Å². The molecule has 0 radical (unpaired) electrons. The van der Waals surface area contributed by atoms with Gasteiger partial charge in [-0.2, -0.15) is 0 Å². The molecule has 4 heteroatoms. The fourth-order valence-corrected chi connectivity index (χ4v) is 4.14. The van der Waals surface area contributed by atoms with E-state index in [4.69, 9.17) is 0 Å². The Morgan fingerprint density at radius 3 is 2.08 bits per heavy atom. The Morgan fingerprint density at radius 1 is 0.625 bits per heavy atom. The first kappa shape index (κ1) is 14.6. The molecule has 0 saturated carbocycles. The van der Waals surface area contributed by atoms with Crippen LogP contribution < -0.4 is 0 Å². The molecule has 118 valence electrons. The van der Waals surface area contributed by atoms with E-state index in [1.54, 1.807) is 41.7 Å². The topological polar surface area (TPSA) is 60.7 Å². The van der Waals surface area contributed by atoms with Gasteiger partial charge in [0.25, 0.3) is 0 Å². The van der Waals surface area contributed by atoms with Crippen LogP contribution in [0.5, 0.6) is 17.2 Å². The maximum absolute atomic E-state index is 9.87.